The minimum atomic E-state index is -0.569. The number of carbonyl (C=O) groups excluding carboxylic acids is 2. The fraction of sp³-hybridized carbons (Fsp3) is 0.391. The molecule has 0 heterocycles. The van der Waals surface area contributed by atoms with Crippen LogP contribution in [0.4, 0.5) is 0 Å². The van der Waals surface area contributed by atoms with Gasteiger partial charge in [-0.2, -0.15) is 0 Å². The van der Waals surface area contributed by atoms with Crippen molar-refractivity contribution in [3.8, 4) is 0 Å². The van der Waals surface area contributed by atoms with Crippen molar-refractivity contribution >= 4 is 35.0 Å². The highest BCUT2D eigenvalue weighted by Crippen LogP contribution is 2.24. The number of nitrogens with zero attached hydrogens (tertiary/aromatic N) is 1. The first-order chi connectivity index (χ1) is 13.7. The molecule has 2 amide bonds. The lowest BCUT2D eigenvalue weighted by Gasteiger charge is -2.31. The third-order valence-electron chi connectivity index (χ3n) is 4.73. The van der Waals surface area contributed by atoms with Crippen molar-refractivity contribution in [1.82, 2.24) is 10.2 Å². The van der Waals surface area contributed by atoms with Crippen molar-refractivity contribution in [2.45, 2.75) is 53.1 Å². The normalized spacial score (nSPS) is 11.8. The van der Waals surface area contributed by atoms with Gasteiger partial charge in [-0.05, 0) is 50.5 Å². The molecule has 2 rings (SSSR count). The standard InChI is InChI=1S/C23H28Cl2N2O2/c1-5-21(23(29)26-6-2)27(14-18-7-8-19(24)13-20(18)25)22(28)12-17-10-15(3)9-16(4)11-17/h7-11,13,21H,5-6,12,14H2,1-4H3,(H,26,29)/t21-/m0/s1. The van der Waals surface area contributed by atoms with Gasteiger partial charge in [0.25, 0.3) is 0 Å². The van der Waals surface area contributed by atoms with Gasteiger partial charge in [-0.15, -0.1) is 0 Å². The van der Waals surface area contributed by atoms with E-state index in [0.29, 0.717) is 23.0 Å². The van der Waals surface area contributed by atoms with Gasteiger partial charge in [-0.25, -0.2) is 0 Å². The Kier molecular flexibility index (Phi) is 8.54. The molecular weight excluding hydrogens is 407 g/mol. The van der Waals surface area contributed by atoms with Gasteiger partial charge in [0.2, 0.25) is 11.8 Å². The monoisotopic (exact) mass is 434 g/mol. The minimum absolute atomic E-state index is 0.112. The average molecular weight is 435 g/mol. The van der Waals surface area contributed by atoms with E-state index in [1.165, 1.54) is 0 Å². The zero-order chi connectivity index (χ0) is 21.6. The third-order valence-corrected chi connectivity index (χ3v) is 5.32. The van der Waals surface area contributed by atoms with Crippen molar-refractivity contribution < 1.29 is 9.59 Å². The summed E-state index contributed by atoms with van der Waals surface area (Å²) in [6.45, 7) is 8.54. The molecule has 4 nitrogen and oxygen atoms in total. The number of hydrogen-bond acceptors (Lipinski definition) is 2. The maximum atomic E-state index is 13.3. The topological polar surface area (TPSA) is 49.4 Å². The van der Waals surface area contributed by atoms with E-state index in [-0.39, 0.29) is 24.8 Å². The summed E-state index contributed by atoms with van der Waals surface area (Å²) < 4.78 is 0. The predicted molar refractivity (Wildman–Crippen MR) is 119 cm³/mol. The van der Waals surface area contributed by atoms with Crippen LogP contribution in [0.2, 0.25) is 10.0 Å². The van der Waals surface area contributed by atoms with Crippen molar-refractivity contribution in [2.75, 3.05) is 6.54 Å². The smallest absolute Gasteiger partial charge is 0.242 e. The van der Waals surface area contributed by atoms with Crippen molar-refractivity contribution in [3.05, 3.63) is 68.7 Å². The predicted octanol–water partition coefficient (Wildman–Crippen LogP) is 5.10. The summed E-state index contributed by atoms with van der Waals surface area (Å²) >= 11 is 12.4. The number of amides is 2. The van der Waals surface area contributed by atoms with Crippen molar-refractivity contribution in [3.63, 3.8) is 0 Å². The molecule has 0 unspecified atom stereocenters. The Morgan fingerprint density at radius 2 is 1.69 bits per heavy atom. The number of rotatable bonds is 8. The molecule has 1 atom stereocenters. The number of carbonyl (C=O) groups is 2. The summed E-state index contributed by atoms with van der Waals surface area (Å²) in [5, 5.41) is 3.85. The molecule has 0 bridgehead atoms. The summed E-state index contributed by atoms with van der Waals surface area (Å²) in [5.74, 6) is -0.270. The summed E-state index contributed by atoms with van der Waals surface area (Å²) in [6, 6.07) is 10.7. The van der Waals surface area contributed by atoms with E-state index in [2.05, 4.69) is 11.4 Å². The van der Waals surface area contributed by atoms with E-state index in [0.717, 1.165) is 22.3 Å². The van der Waals surface area contributed by atoms with Crippen molar-refractivity contribution in [1.29, 1.82) is 0 Å². The van der Waals surface area contributed by atoms with Crippen LogP contribution < -0.4 is 5.32 Å². The van der Waals surface area contributed by atoms with Gasteiger partial charge in [-0.1, -0.05) is 65.5 Å². The van der Waals surface area contributed by atoms with E-state index in [1.807, 2.05) is 39.8 Å². The molecule has 0 spiro atoms. The zero-order valence-electron chi connectivity index (χ0n) is 17.4. The van der Waals surface area contributed by atoms with Crippen LogP contribution in [0.15, 0.2) is 36.4 Å². The van der Waals surface area contributed by atoms with Crippen LogP contribution in [-0.2, 0) is 22.6 Å². The number of benzene rings is 2. The van der Waals surface area contributed by atoms with E-state index in [4.69, 9.17) is 23.2 Å². The van der Waals surface area contributed by atoms with Gasteiger partial charge in [0.15, 0.2) is 0 Å². The SMILES string of the molecule is CCNC(=O)[C@H](CC)N(Cc1ccc(Cl)cc1Cl)C(=O)Cc1cc(C)cc(C)c1. The first kappa shape index (κ1) is 23.2. The molecule has 0 aliphatic heterocycles. The molecule has 0 aliphatic rings. The molecule has 0 aliphatic carbocycles. The number of aryl methyl sites for hydroxylation is 2. The molecule has 0 saturated carbocycles. The second-order valence-electron chi connectivity index (χ2n) is 7.25. The lowest BCUT2D eigenvalue weighted by atomic mass is 10.0. The Morgan fingerprint density at radius 3 is 2.24 bits per heavy atom. The first-order valence-electron chi connectivity index (χ1n) is 9.83. The van der Waals surface area contributed by atoms with E-state index in [1.54, 1.807) is 23.1 Å². The van der Waals surface area contributed by atoms with Crippen molar-refractivity contribution in [2.24, 2.45) is 0 Å². The Balaban J connectivity index is 2.36. The molecule has 0 aromatic heterocycles. The molecule has 6 heteroatoms. The molecular formula is C23H28Cl2N2O2. The maximum Gasteiger partial charge on any atom is 0.242 e. The Hall–Kier alpha value is -2.04. The van der Waals surface area contributed by atoms with Crippen LogP contribution in [0.3, 0.4) is 0 Å². The minimum Gasteiger partial charge on any atom is -0.355 e. The Labute approximate surface area is 183 Å². The molecule has 2 aromatic rings. The van der Waals surface area contributed by atoms with E-state index < -0.39 is 6.04 Å². The molecule has 2 aromatic carbocycles. The number of nitrogens with one attached hydrogen (secondary N) is 1. The Bertz CT molecular complexity index is 863. The fourth-order valence-corrected chi connectivity index (χ4v) is 3.96. The van der Waals surface area contributed by atoms with Crippen LogP contribution in [0.5, 0.6) is 0 Å². The summed E-state index contributed by atoms with van der Waals surface area (Å²) in [5.41, 5.74) is 3.91. The van der Waals surface area contributed by atoms with Gasteiger partial charge in [0.05, 0.1) is 6.42 Å². The lowest BCUT2D eigenvalue weighted by Crippen LogP contribution is -2.49. The molecule has 29 heavy (non-hydrogen) atoms. The summed E-state index contributed by atoms with van der Waals surface area (Å²) in [6.07, 6.45) is 0.735. The van der Waals surface area contributed by atoms with Gasteiger partial charge < -0.3 is 10.2 Å². The van der Waals surface area contributed by atoms with E-state index >= 15 is 0 Å². The lowest BCUT2D eigenvalue weighted by molar-refractivity contribution is -0.140. The number of likely N-dealkylation sites (N-methyl/N-ethyl adjacent to an activating group) is 1. The third kappa shape index (κ3) is 6.48. The molecule has 0 saturated heterocycles. The fourth-order valence-electron chi connectivity index (χ4n) is 3.49. The van der Waals surface area contributed by atoms with Crippen LogP contribution >= 0.6 is 23.2 Å². The molecule has 156 valence electrons. The molecule has 0 fully saturated rings. The first-order valence-corrected chi connectivity index (χ1v) is 10.6. The molecule has 0 radical (unpaired) electrons. The highest BCUT2D eigenvalue weighted by atomic mass is 35.5. The van der Waals surface area contributed by atoms with Crippen LogP contribution in [0.1, 0.15) is 42.5 Å². The zero-order valence-corrected chi connectivity index (χ0v) is 18.9. The second-order valence-corrected chi connectivity index (χ2v) is 8.09. The van der Waals surface area contributed by atoms with Crippen LogP contribution in [0, 0.1) is 13.8 Å². The number of hydrogen-bond donors (Lipinski definition) is 1. The Morgan fingerprint density at radius 1 is 1.03 bits per heavy atom. The van der Waals surface area contributed by atoms with Gasteiger partial charge >= 0.3 is 0 Å². The summed E-state index contributed by atoms with van der Waals surface area (Å²) in [4.78, 5) is 27.6. The summed E-state index contributed by atoms with van der Waals surface area (Å²) in [7, 11) is 0. The molecule has 1 N–H and O–H groups in total. The highest BCUT2D eigenvalue weighted by Gasteiger charge is 2.29. The van der Waals surface area contributed by atoms with Gasteiger partial charge in [0, 0.05) is 23.1 Å². The largest absolute Gasteiger partial charge is 0.355 e. The van der Waals surface area contributed by atoms with Crippen LogP contribution in [0.25, 0.3) is 0 Å². The maximum absolute atomic E-state index is 13.3. The van der Waals surface area contributed by atoms with E-state index in [9.17, 15) is 9.59 Å². The van der Waals surface area contributed by atoms with Crippen LogP contribution in [-0.4, -0.2) is 29.3 Å². The van der Waals surface area contributed by atoms with Gasteiger partial charge in [0.1, 0.15) is 6.04 Å². The number of halogens is 2. The average Bonchev–Trinajstić information content (AvgIpc) is 2.62. The quantitative estimate of drug-likeness (QED) is 0.628. The highest BCUT2D eigenvalue weighted by molar-refractivity contribution is 6.35. The second kappa shape index (κ2) is 10.7. The van der Waals surface area contributed by atoms with Gasteiger partial charge in [-0.3, -0.25) is 9.59 Å².